The molecule has 0 aliphatic carbocycles. The number of benzene rings is 1. The number of aromatic nitrogens is 3. The number of anilines is 1. The van der Waals surface area contributed by atoms with Gasteiger partial charge in [0.15, 0.2) is 0 Å². The molecule has 1 aliphatic heterocycles. The Morgan fingerprint density at radius 1 is 1.07 bits per heavy atom. The lowest BCUT2D eigenvalue weighted by molar-refractivity contribution is 0.0746. The maximum Gasteiger partial charge on any atom is 0.253 e. The molecule has 1 amide bonds. The Balaban J connectivity index is 1.32. The lowest BCUT2D eigenvalue weighted by Gasteiger charge is -2.35. The van der Waals surface area contributed by atoms with E-state index in [4.69, 9.17) is 4.74 Å². The molecule has 0 saturated carbocycles. The standard InChI is InChI=1S/C20H21N5O2S/c1-15-18(23-28-22-15)14-27-17-7-5-16(6-8-17)20(26)25-12-10-24(11-13-25)19-4-2-3-9-21-19/h2-9H,10-14H2,1H3. The highest BCUT2D eigenvalue weighted by Gasteiger charge is 2.22. The molecule has 1 saturated heterocycles. The van der Waals surface area contributed by atoms with E-state index in [2.05, 4.69) is 18.6 Å². The van der Waals surface area contributed by atoms with Gasteiger partial charge in [0.05, 0.1) is 17.4 Å². The predicted molar refractivity (Wildman–Crippen MR) is 108 cm³/mol. The van der Waals surface area contributed by atoms with E-state index in [1.807, 2.05) is 54.3 Å². The zero-order valence-electron chi connectivity index (χ0n) is 15.6. The second-order valence-electron chi connectivity index (χ2n) is 6.58. The number of ether oxygens (including phenoxy) is 1. The van der Waals surface area contributed by atoms with Crippen LogP contribution in [-0.2, 0) is 6.61 Å². The Morgan fingerprint density at radius 2 is 1.86 bits per heavy atom. The van der Waals surface area contributed by atoms with E-state index in [1.54, 1.807) is 6.20 Å². The van der Waals surface area contributed by atoms with E-state index in [0.717, 1.165) is 30.3 Å². The summed E-state index contributed by atoms with van der Waals surface area (Å²) in [7, 11) is 0. The summed E-state index contributed by atoms with van der Waals surface area (Å²) >= 11 is 1.18. The van der Waals surface area contributed by atoms with E-state index >= 15 is 0 Å². The molecule has 0 N–H and O–H groups in total. The van der Waals surface area contributed by atoms with Gasteiger partial charge in [0.25, 0.3) is 5.91 Å². The van der Waals surface area contributed by atoms with Gasteiger partial charge in [-0.1, -0.05) is 6.07 Å². The summed E-state index contributed by atoms with van der Waals surface area (Å²) in [6.45, 7) is 5.23. The fraction of sp³-hybridized carbons (Fsp3) is 0.300. The van der Waals surface area contributed by atoms with Crippen molar-refractivity contribution in [1.29, 1.82) is 0 Å². The number of amides is 1. The van der Waals surface area contributed by atoms with Gasteiger partial charge in [-0.15, -0.1) is 0 Å². The topological polar surface area (TPSA) is 71.5 Å². The molecule has 4 rings (SSSR count). The van der Waals surface area contributed by atoms with Crippen molar-refractivity contribution in [3.63, 3.8) is 0 Å². The minimum atomic E-state index is 0.0479. The fourth-order valence-corrected chi connectivity index (χ4v) is 3.64. The Bertz CT molecular complexity index is 921. The first-order valence-electron chi connectivity index (χ1n) is 9.17. The molecule has 0 unspecified atom stereocenters. The molecule has 0 atom stereocenters. The van der Waals surface area contributed by atoms with Crippen LogP contribution in [-0.4, -0.2) is 50.7 Å². The molecule has 3 heterocycles. The molecule has 1 fully saturated rings. The molecule has 2 aromatic heterocycles. The lowest BCUT2D eigenvalue weighted by Crippen LogP contribution is -2.49. The van der Waals surface area contributed by atoms with Crippen LogP contribution in [0.3, 0.4) is 0 Å². The van der Waals surface area contributed by atoms with Gasteiger partial charge in [-0.3, -0.25) is 4.79 Å². The van der Waals surface area contributed by atoms with Gasteiger partial charge in [0, 0.05) is 37.9 Å². The summed E-state index contributed by atoms with van der Waals surface area (Å²) in [4.78, 5) is 21.3. The first-order valence-corrected chi connectivity index (χ1v) is 9.90. The Morgan fingerprint density at radius 3 is 2.50 bits per heavy atom. The third-order valence-corrected chi connectivity index (χ3v) is 5.42. The predicted octanol–water partition coefficient (Wildman–Crippen LogP) is 2.78. The van der Waals surface area contributed by atoms with Gasteiger partial charge < -0.3 is 14.5 Å². The molecular weight excluding hydrogens is 374 g/mol. The van der Waals surface area contributed by atoms with Crippen LogP contribution in [0.5, 0.6) is 5.75 Å². The van der Waals surface area contributed by atoms with E-state index in [-0.39, 0.29) is 5.91 Å². The largest absolute Gasteiger partial charge is 0.487 e. The third kappa shape index (κ3) is 4.12. The van der Waals surface area contributed by atoms with E-state index in [1.165, 1.54) is 11.7 Å². The number of hydrogen-bond acceptors (Lipinski definition) is 7. The molecule has 0 radical (unpaired) electrons. The van der Waals surface area contributed by atoms with Crippen LogP contribution in [0.2, 0.25) is 0 Å². The minimum Gasteiger partial charge on any atom is -0.487 e. The van der Waals surface area contributed by atoms with Crippen LogP contribution in [0.1, 0.15) is 21.7 Å². The van der Waals surface area contributed by atoms with Crippen molar-refractivity contribution in [3.8, 4) is 5.75 Å². The first kappa shape index (κ1) is 18.4. The Hall–Kier alpha value is -3.00. The molecule has 3 aromatic rings. The summed E-state index contributed by atoms with van der Waals surface area (Å²) in [5, 5.41) is 0. The van der Waals surface area contributed by atoms with Crippen molar-refractivity contribution in [2.24, 2.45) is 0 Å². The Kier molecular flexibility index (Phi) is 5.48. The van der Waals surface area contributed by atoms with Crippen molar-refractivity contribution >= 4 is 23.5 Å². The number of rotatable bonds is 5. The highest BCUT2D eigenvalue weighted by Crippen LogP contribution is 2.18. The van der Waals surface area contributed by atoms with Crippen molar-refractivity contribution in [2.45, 2.75) is 13.5 Å². The van der Waals surface area contributed by atoms with E-state index < -0.39 is 0 Å². The molecular formula is C20H21N5O2S. The van der Waals surface area contributed by atoms with Crippen molar-refractivity contribution < 1.29 is 9.53 Å². The number of hydrogen-bond donors (Lipinski definition) is 0. The molecule has 0 bridgehead atoms. The third-order valence-electron chi connectivity index (χ3n) is 4.76. The molecule has 8 heteroatoms. The maximum absolute atomic E-state index is 12.8. The fourth-order valence-electron chi connectivity index (χ4n) is 3.09. The number of piperazine rings is 1. The van der Waals surface area contributed by atoms with Gasteiger partial charge >= 0.3 is 0 Å². The SMILES string of the molecule is Cc1nsnc1COc1ccc(C(=O)N2CCN(c3ccccn3)CC2)cc1. The molecule has 28 heavy (non-hydrogen) atoms. The Labute approximate surface area is 167 Å². The summed E-state index contributed by atoms with van der Waals surface area (Å²) in [5.74, 6) is 1.72. The number of carbonyl (C=O) groups is 1. The number of pyridine rings is 1. The van der Waals surface area contributed by atoms with Crippen LogP contribution in [0.15, 0.2) is 48.7 Å². The van der Waals surface area contributed by atoms with Gasteiger partial charge in [0.1, 0.15) is 23.9 Å². The smallest absolute Gasteiger partial charge is 0.253 e. The lowest BCUT2D eigenvalue weighted by atomic mass is 10.1. The summed E-state index contributed by atoms with van der Waals surface area (Å²) < 4.78 is 14.1. The molecule has 1 aliphatic rings. The first-order chi connectivity index (χ1) is 13.7. The van der Waals surface area contributed by atoms with Crippen LogP contribution in [0.4, 0.5) is 5.82 Å². The highest BCUT2D eigenvalue weighted by molar-refractivity contribution is 6.99. The molecule has 1 aromatic carbocycles. The number of carbonyl (C=O) groups excluding carboxylic acids is 1. The average Bonchev–Trinajstić information content (AvgIpc) is 3.17. The molecule has 144 valence electrons. The normalized spacial score (nSPS) is 14.2. The maximum atomic E-state index is 12.8. The molecule has 0 spiro atoms. The van der Waals surface area contributed by atoms with Gasteiger partial charge in [-0.2, -0.15) is 8.75 Å². The quantitative estimate of drug-likeness (QED) is 0.662. The van der Waals surface area contributed by atoms with Gasteiger partial charge in [0.2, 0.25) is 0 Å². The zero-order chi connectivity index (χ0) is 19.3. The van der Waals surface area contributed by atoms with Crippen LogP contribution < -0.4 is 9.64 Å². The summed E-state index contributed by atoms with van der Waals surface area (Å²) in [6.07, 6.45) is 1.79. The van der Waals surface area contributed by atoms with Crippen LogP contribution in [0, 0.1) is 6.92 Å². The summed E-state index contributed by atoms with van der Waals surface area (Å²) in [6, 6.07) is 13.2. The number of aryl methyl sites for hydroxylation is 1. The second kappa shape index (κ2) is 8.35. The monoisotopic (exact) mass is 395 g/mol. The van der Waals surface area contributed by atoms with Crippen molar-refractivity contribution in [2.75, 3.05) is 31.1 Å². The van der Waals surface area contributed by atoms with E-state index in [0.29, 0.717) is 31.0 Å². The van der Waals surface area contributed by atoms with Crippen LogP contribution in [0.25, 0.3) is 0 Å². The van der Waals surface area contributed by atoms with Crippen molar-refractivity contribution in [1.82, 2.24) is 18.6 Å². The van der Waals surface area contributed by atoms with Gasteiger partial charge in [-0.05, 0) is 43.3 Å². The van der Waals surface area contributed by atoms with Gasteiger partial charge in [-0.25, -0.2) is 4.98 Å². The van der Waals surface area contributed by atoms with Crippen LogP contribution >= 0.6 is 11.7 Å². The highest BCUT2D eigenvalue weighted by atomic mass is 32.1. The summed E-state index contributed by atoms with van der Waals surface area (Å²) in [5.41, 5.74) is 2.41. The zero-order valence-corrected chi connectivity index (χ0v) is 16.4. The minimum absolute atomic E-state index is 0.0479. The molecule has 7 nitrogen and oxygen atoms in total. The van der Waals surface area contributed by atoms with Crippen molar-refractivity contribution in [3.05, 3.63) is 65.6 Å². The second-order valence-corrected chi connectivity index (χ2v) is 7.11. The average molecular weight is 395 g/mol. The number of nitrogens with zero attached hydrogens (tertiary/aromatic N) is 5. The van der Waals surface area contributed by atoms with E-state index in [9.17, 15) is 4.79 Å².